The number of hydrogen-bond donors (Lipinski definition) is 2. The highest BCUT2D eigenvalue weighted by Crippen LogP contribution is 2.43. The van der Waals surface area contributed by atoms with Gasteiger partial charge >= 0.3 is 0 Å². The van der Waals surface area contributed by atoms with E-state index >= 15 is 0 Å². The molecule has 1 aliphatic rings. The van der Waals surface area contributed by atoms with E-state index in [1.165, 1.54) is 6.33 Å². The lowest BCUT2D eigenvalue weighted by Gasteiger charge is -2.26. The van der Waals surface area contributed by atoms with Gasteiger partial charge in [0.2, 0.25) is 5.91 Å². The molecule has 1 aromatic carbocycles. The van der Waals surface area contributed by atoms with E-state index in [2.05, 4.69) is 25.3 Å². The molecule has 5 rings (SSSR count). The van der Waals surface area contributed by atoms with Gasteiger partial charge in [-0.3, -0.25) is 4.79 Å². The van der Waals surface area contributed by atoms with E-state index in [0.29, 0.717) is 29.2 Å². The average molecular weight is 403 g/mol. The number of aryl methyl sites for hydroxylation is 1. The lowest BCUT2D eigenvalue weighted by atomic mass is 9.85. The number of hydrogen-bond acceptors (Lipinski definition) is 6. The molecule has 30 heavy (non-hydrogen) atoms. The Morgan fingerprint density at radius 3 is 2.87 bits per heavy atom. The van der Waals surface area contributed by atoms with Crippen molar-refractivity contribution in [2.24, 2.45) is 0 Å². The van der Waals surface area contributed by atoms with Crippen molar-refractivity contribution in [1.82, 2.24) is 29.7 Å². The second-order valence-corrected chi connectivity index (χ2v) is 7.57. The maximum atomic E-state index is 12.7. The molecule has 1 aliphatic heterocycles. The van der Waals surface area contributed by atoms with Gasteiger partial charge in [-0.1, -0.05) is 18.2 Å². The molecule has 3 aromatic heterocycles. The molecule has 4 heterocycles. The fraction of sp³-hybridized carbons (Fsp3) is 0.286. The number of carbonyl (C=O) groups is 1. The minimum absolute atomic E-state index is 0.0292. The molecule has 0 spiro atoms. The Morgan fingerprint density at radius 2 is 2.03 bits per heavy atom. The van der Waals surface area contributed by atoms with Crippen LogP contribution in [0, 0.1) is 6.92 Å². The van der Waals surface area contributed by atoms with E-state index in [1.807, 2.05) is 45.0 Å². The molecule has 9 nitrogen and oxygen atoms in total. The first-order chi connectivity index (χ1) is 14.5. The van der Waals surface area contributed by atoms with Gasteiger partial charge < -0.3 is 15.0 Å². The van der Waals surface area contributed by atoms with Crippen molar-refractivity contribution in [1.29, 1.82) is 0 Å². The second-order valence-electron chi connectivity index (χ2n) is 7.57. The Kier molecular flexibility index (Phi) is 4.23. The zero-order valence-corrected chi connectivity index (χ0v) is 16.9. The number of imidazole rings is 1. The van der Waals surface area contributed by atoms with E-state index in [1.54, 1.807) is 11.0 Å². The molecule has 0 fully saturated rings. The number of aromatic nitrogens is 6. The van der Waals surface area contributed by atoms with Crippen LogP contribution in [0.25, 0.3) is 17.0 Å². The second kappa shape index (κ2) is 6.94. The topological polar surface area (TPSA) is 111 Å². The summed E-state index contributed by atoms with van der Waals surface area (Å²) in [7, 11) is 0. The van der Waals surface area contributed by atoms with Crippen LogP contribution in [0.2, 0.25) is 0 Å². The fourth-order valence-corrected chi connectivity index (χ4v) is 4.01. The summed E-state index contributed by atoms with van der Waals surface area (Å²) in [4.78, 5) is 28.5. The molecule has 2 N–H and O–H groups in total. The van der Waals surface area contributed by atoms with Gasteiger partial charge in [0.25, 0.3) is 0 Å². The van der Waals surface area contributed by atoms with Gasteiger partial charge in [-0.15, -0.1) is 0 Å². The third kappa shape index (κ3) is 2.90. The van der Waals surface area contributed by atoms with Crippen LogP contribution in [0.4, 0.5) is 5.82 Å². The zero-order valence-electron chi connectivity index (χ0n) is 16.9. The van der Waals surface area contributed by atoms with Crippen molar-refractivity contribution in [3.05, 3.63) is 53.7 Å². The van der Waals surface area contributed by atoms with Crippen molar-refractivity contribution in [2.45, 2.75) is 39.2 Å². The number of amides is 1. The SMILES string of the molecule is Cc1nn(-c2ncnc3nc[nH]c23)c2c1[C@H](c1ccccc1OC(C)C)CC(=O)N2. The first-order valence-electron chi connectivity index (χ1n) is 9.82. The highest BCUT2D eigenvalue weighted by atomic mass is 16.5. The first-order valence-corrected chi connectivity index (χ1v) is 9.82. The van der Waals surface area contributed by atoms with Crippen molar-refractivity contribution >= 4 is 22.9 Å². The number of para-hydroxylation sites is 1. The molecule has 0 saturated heterocycles. The smallest absolute Gasteiger partial charge is 0.226 e. The molecule has 0 radical (unpaired) electrons. The van der Waals surface area contributed by atoms with Crippen LogP contribution in [0.1, 0.15) is 43.0 Å². The van der Waals surface area contributed by atoms with Crippen LogP contribution >= 0.6 is 0 Å². The van der Waals surface area contributed by atoms with Crippen molar-refractivity contribution in [3.8, 4) is 11.6 Å². The maximum Gasteiger partial charge on any atom is 0.226 e. The summed E-state index contributed by atoms with van der Waals surface area (Å²) >= 11 is 0. The van der Waals surface area contributed by atoms with Crippen molar-refractivity contribution < 1.29 is 9.53 Å². The summed E-state index contributed by atoms with van der Waals surface area (Å²) in [6.45, 7) is 5.92. The molecule has 0 aliphatic carbocycles. The zero-order chi connectivity index (χ0) is 20.8. The molecule has 0 saturated carbocycles. The third-order valence-corrected chi connectivity index (χ3v) is 5.16. The summed E-state index contributed by atoms with van der Waals surface area (Å²) in [5.41, 5.74) is 3.94. The molecular formula is C21H21N7O2. The van der Waals surface area contributed by atoms with E-state index in [0.717, 1.165) is 22.6 Å². The third-order valence-electron chi connectivity index (χ3n) is 5.16. The van der Waals surface area contributed by atoms with Gasteiger partial charge in [0.1, 0.15) is 23.4 Å². The van der Waals surface area contributed by atoms with Crippen LogP contribution in [-0.2, 0) is 4.79 Å². The lowest BCUT2D eigenvalue weighted by molar-refractivity contribution is -0.116. The Bertz CT molecular complexity index is 1260. The lowest BCUT2D eigenvalue weighted by Crippen LogP contribution is -2.25. The predicted molar refractivity (Wildman–Crippen MR) is 111 cm³/mol. The Morgan fingerprint density at radius 1 is 1.20 bits per heavy atom. The largest absolute Gasteiger partial charge is 0.491 e. The number of nitrogens with zero attached hydrogens (tertiary/aromatic N) is 5. The Hall–Kier alpha value is -3.75. The van der Waals surface area contributed by atoms with Crippen LogP contribution in [0.3, 0.4) is 0 Å². The Labute approximate surface area is 172 Å². The van der Waals surface area contributed by atoms with Gasteiger partial charge in [0.05, 0.1) is 18.1 Å². The molecule has 152 valence electrons. The summed E-state index contributed by atoms with van der Waals surface area (Å²) in [5, 5.41) is 7.71. The van der Waals surface area contributed by atoms with Gasteiger partial charge in [-0.25, -0.2) is 15.0 Å². The fourth-order valence-electron chi connectivity index (χ4n) is 4.01. The summed E-state index contributed by atoms with van der Waals surface area (Å²) in [6.07, 6.45) is 3.35. The minimum atomic E-state index is -0.170. The number of nitrogens with one attached hydrogen (secondary N) is 2. The monoisotopic (exact) mass is 403 g/mol. The number of fused-ring (bicyclic) bond motifs is 2. The quantitative estimate of drug-likeness (QED) is 0.542. The number of H-pyrrole nitrogens is 1. The van der Waals surface area contributed by atoms with Crippen LogP contribution in [0.15, 0.2) is 36.9 Å². The summed E-state index contributed by atoms with van der Waals surface area (Å²) in [5.74, 6) is 1.68. The van der Waals surface area contributed by atoms with E-state index in [4.69, 9.17) is 9.84 Å². The molecule has 0 bridgehead atoms. The maximum absolute atomic E-state index is 12.7. The Balaban J connectivity index is 1.69. The van der Waals surface area contributed by atoms with Gasteiger partial charge in [0.15, 0.2) is 11.5 Å². The average Bonchev–Trinajstić information content (AvgIpc) is 3.32. The molecular weight excluding hydrogens is 382 g/mol. The van der Waals surface area contributed by atoms with Crippen LogP contribution in [-0.4, -0.2) is 41.7 Å². The molecule has 9 heteroatoms. The molecule has 1 atom stereocenters. The number of benzene rings is 1. The summed E-state index contributed by atoms with van der Waals surface area (Å²) < 4.78 is 7.69. The van der Waals surface area contributed by atoms with Gasteiger partial charge in [-0.2, -0.15) is 9.78 Å². The molecule has 1 amide bonds. The number of ether oxygens (including phenoxy) is 1. The van der Waals surface area contributed by atoms with E-state index in [-0.39, 0.29) is 17.9 Å². The van der Waals surface area contributed by atoms with Crippen molar-refractivity contribution in [3.63, 3.8) is 0 Å². The number of rotatable bonds is 4. The molecule has 4 aromatic rings. The van der Waals surface area contributed by atoms with E-state index in [9.17, 15) is 4.79 Å². The minimum Gasteiger partial charge on any atom is -0.491 e. The normalized spacial score (nSPS) is 16.0. The van der Waals surface area contributed by atoms with Crippen LogP contribution < -0.4 is 10.1 Å². The first kappa shape index (κ1) is 18.3. The highest BCUT2D eigenvalue weighted by Gasteiger charge is 2.34. The molecule has 0 unspecified atom stereocenters. The standard InChI is InChI=1S/C21H21N7O2/c1-11(2)30-15-7-5-4-6-13(15)14-8-16(29)26-20-17(14)12(3)27-28(20)21-18-19(23-9-22-18)24-10-25-21/h4-7,9-11,14H,8H2,1-3H3,(H,26,29)(H,22,23,24,25)/t14-/m0/s1. The predicted octanol–water partition coefficient (Wildman–Crippen LogP) is 3.11. The number of carbonyl (C=O) groups excluding carboxylic acids is 1. The number of aromatic amines is 1. The number of anilines is 1. The summed E-state index contributed by atoms with van der Waals surface area (Å²) in [6, 6.07) is 7.86. The van der Waals surface area contributed by atoms with Crippen molar-refractivity contribution in [2.75, 3.05) is 5.32 Å². The van der Waals surface area contributed by atoms with Crippen LogP contribution in [0.5, 0.6) is 5.75 Å². The van der Waals surface area contributed by atoms with Gasteiger partial charge in [0, 0.05) is 23.5 Å². The highest BCUT2D eigenvalue weighted by molar-refractivity contribution is 5.95. The van der Waals surface area contributed by atoms with Gasteiger partial charge in [-0.05, 0) is 26.8 Å². The van der Waals surface area contributed by atoms with E-state index < -0.39 is 0 Å².